The van der Waals surface area contributed by atoms with Crippen molar-refractivity contribution in [2.24, 2.45) is 0 Å². The number of benzene rings is 2. The molecule has 8 N–H and O–H groups in total. The smallest absolute Gasteiger partial charge is 0.247 e. The number of unbranched alkanes of at least 4 members (excludes halogenated alkanes) is 12. The van der Waals surface area contributed by atoms with Gasteiger partial charge in [0.2, 0.25) is 41.4 Å². The molecular weight excluding hydrogens is 839 g/mol. The number of nitrogens with zero attached hydrogens (tertiary/aromatic N) is 2. The number of hydrogen-bond acceptors (Lipinski definition) is 11. The number of rotatable bonds is 26. The van der Waals surface area contributed by atoms with Crippen LogP contribution in [0.3, 0.4) is 0 Å². The number of methoxy groups -OCH3 is 1. The zero-order chi connectivity index (χ0) is 47.7. The maximum Gasteiger partial charge on any atom is 0.247 e. The maximum atomic E-state index is 13.8. The van der Waals surface area contributed by atoms with Gasteiger partial charge in [-0.3, -0.25) is 33.6 Å². The van der Waals surface area contributed by atoms with Crippen molar-refractivity contribution >= 4 is 41.4 Å². The Kier molecular flexibility index (Phi) is 23.8. The third kappa shape index (κ3) is 18.0. The zero-order valence-corrected chi connectivity index (χ0v) is 38.5. The van der Waals surface area contributed by atoms with Crippen molar-refractivity contribution in [3.05, 3.63) is 47.5 Å². The maximum absolute atomic E-state index is 13.8. The van der Waals surface area contributed by atoms with Gasteiger partial charge in [-0.15, -0.1) is 0 Å². The highest BCUT2D eigenvalue weighted by Crippen LogP contribution is 2.38. The number of hydrogen-bond donors (Lipinski definition) is 8. The molecule has 18 nitrogen and oxygen atoms in total. The van der Waals surface area contributed by atoms with Crippen LogP contribution in [0.25, 0.3) is 11.1 Å². The molecule has 0 spiro atoms. The summed E-state index contributed by atoms with van der Waals surface area (Å²) in [4.78, 5) is 94.4. The Morgan fingerprint density at radius 2 is 1.38 bits per heavy atom. The van der Waals surface area contributed by atoms with E-state index in [1.807, 2.05) is 0 Å². The van der Waals surface area contributed by atoms with Crippen LogP contribution in [0.1, 0.15) is 114 Å². The minimum Gasteiger partial charge on any atom is -0.507 e. The molecule has 18 heteroatoms. The first-order valence-corrected chi connectivity index (χ1v) is 22.9. The predicted octanol–water partition coefficient (Wildman–Crippen LogP) is 2.72. The van der Waals surface area contributed by atoms with Crippen molar-refractivity contribution in [3.63, 3.8) is 0 Å². The second kappa shape index (κ2) is 28.9. The Morgan fingerprint density at radius 1 is 0.785 bits per heavy atom. The van der Waals surface area contributed by atoms with Gasteiger partial charge in [-0.2, -0.15) is 0 Å². The Bertz CT molecular complexity index is 1890. The quantitative estimate of drug-likeness (QED) is 0.0637. The van der Waals surface area contributed by atoms with Crippen molar-refractivity contribution in [1.82, 2.24) is 36.4 Å². The first-order valence-electron chi connectivity index (χ1n) is 22.9. The number of phenolic OH excluding ortho intramolecular Hbond substituents is 2. The molecule has 0 aliphatic carbocycles. The van der Waals surface area contributed by atoms with Crippen LogP contribution in [0.15, 0.2) is 36.4 Å². The topological polar surface area (TPSA) is 256 Å². The predicted molar refractivity (Wildman–Crippen MR) is 244 cm³/mol. The summed E-state index contributed by atoms with van der Waals surface area (Å²) in [5.74, 6) is -5.12. The van der Waals surface area contributed by atoms with E-state index in [9.17, 15) is 48.9 Å². The van der Waals surface area contributed by atoms with E-state index < -0.39 is 79.8 Å². The fourth-order valence-electron chi connectivity index (χ4n) is 7.59. The molecule has 7 amide bonds. The SMILES string of the molecule is CCCCCCCCCCCCCCCC(=O)N(C)C(CO)C(=O)NCC(=O)NCC(=O)N(C)C1C(=O)NCC(=O)N[C@H](C(=O)NCCOC)Cc2ccc(O)c(c2)-c2cc1ccc2O. The van der Waals surface area contributed by atoms with Gasteiger partial charge < -0.3 is 56.4 Å². The first-order chi connectivity index (χ1) is 31.2. The van der Waals surface area contributed by atoms with E-state index in [4.69, 9.17) is 4.74 Å². The minimum atomic E-state index is -1.43. The van der Waals surface area contributed by atoms with E-state index in [0.29, 0.717) is 12.0 Å². The first kappa shape index (κ1) is 53.6. The second-order valence-corrected chi connectivity index (χ2v) is 16.6. The molecular formula is C47H71N7O11. The molecule has 3 atom stereocenters. The van der Waals surface area contributed by atoms with E-state index in [1.165, 1.54) is 108 Å². The normalized spacial score (nSPS) is 15.4. The van der Waals surface area contributed by atoms with Gasteiger partial charge >= 0.3 is 0 Å². The monoisotopic (exact) mass is 910 g/mol. The Labute approximate surface area is 382 Å². The molecule has 1 aliphatic rings. The van der Waals surface area contributed by atoms with Crippen LogP contribution >= 0.6 is 0 Å². The van der Waals surface area contributed by atoms with E-state index in [-0.39, 0.29) is 60.1 Å². The standard InChI is InChI=1S/C47H71N7O11/c1-5-6-7-8-9-10-11-12-13-14-15-16-17-18-42(60)53(2)37(31-55)46(63)50-28-40(58)49-30-43(61)54(3)44-33-20-22-39(57)35(27-33)34-25-32(19-21-38(34)56)26-36(45(62)48-23-24-65-4)52-41(59)29-51-47(44)64/h19-22,25,27,36-37,44,55-57H,5-18,23-24,26,28-31H2,1-4H3,(H,48,62)(H,49,58)(H,50,63)(H,51,64)(H,52,59)/t36-,37?,44?/m0/s1. The van der Waals surface area contributed by atoms with Crippen molar-refractivity contribution in [2.75, 3.05) is 60.6 Å². The van der Waals surface area contributed by atoms with E-state index >= 15 is 0 Å². The molecule has 0 fully saturated rings. The number of carbonyl (C=O) groups is 7. The summed E-state index contributed by atoms with van der Waals surface area (Å²) in [6.45, 7) is 0.167. The molecule has 2 aromatic carbocycles. The van der Waals surface area contributed by atoms with Crippen LogP contribution in [-0.2, 0) is 44.7 Å². The summed E-state index contributed by atoms with van der Waals surface area (Å²) in [6.07, 6.45) is 15.4. The van der Waals surface area contributed by atoms with Gasteiger partial charge in [-0.05, 0) is 41.8 Å². The van der Waals surface area contributed by atoms with Gasteiger partial charge in [0.1, 0.15) is 29.6 Å². The highest BCUT2D eigenvalue weighted by atomic mass is 16.5. The lowest BCUT2D eigenvalue weighted by atomic mass is 9.94. The molecule has 1 aliphatic heterocycles. The Morgan fingerprint density at radius 3 is 2.00 bits per heavy atom. The highest BCUT2D eigenvalue weighted by molar-refractivity contribution is 5.95. The molecule has 2 unspecified atom stereocenters. The number of nitrogens with one attached hydrogen (secondary N) is 5. The number of aliphatic hydroxyl groups is 1. The zero-order valence-electron chi connectivity index (χ0n) is 38.5. The van der Waals surface area contributed by atoms with Crippen molar-refractivity contribution in [3.8, 4) is 22.6 Å². The fraction of sp³-hybridized carbons (Fsp3) is 0.596. The van der Waals surface area contributed by atoms with Crippen molar-refractivity contribution in [2.45, 2.75) is 121 Å². The number of likely N-dealkylation sites (N-methyl/N-ethyl adjacent to an activating group) is 2. The molecule has 0 saturated heterocycles. The molecule has 1 heterocycles. The molecule has 360 valence electrons. The lowest BCUT2D eigenvalue weighted by Crippen LogP contribution is -2.52. The number of aromatic hydroxyl groups is 2. The van der Waals surface area contributed by atoms with Gasteiger partial charge in [-0.25, -0.2) is 0 Å². The van der Waals surface area contributed by atoms with Crippen LogP contribution < -0.4 is 26.6 Å². The largest absolute Gasteiger partial charge is 0.507 e. The molecule has 4 bridgehead atoms. The fourth-order valence-corrected chi connectivity index (χ4v) is 7.59. The number of carbonyl (C=O) groups excluding carboxylic acids is 7. The minimum absolute atomic E-state index is 0.000196. The van der Waals surface area contributed by atoms with Crippen molar-refractivity contribution < 1.29 is 53.6 Å². The second-order valence-electron chi connectivity index (χ2n) is 16.6. The average molecular weight is 910 g/mol. The lowest BCUT2D eigenvalue weighted by molar-refractivity contribution is -0.141. The summed E-state index contributed by atoms with van der Waals surface area (Å²) < 4.78 is 5.00. The number of ether oxygens (including phenoxy) is 1. The Balaban J connectivity index is 1.58. The molecule has 0 aromatic heterocycles. The Hall–Kier alpha value is -5.75. The summed E-state index contributed by atoms with van der Waals surface area (Å²) in [5.41, 5.74) is 0.976. The molecule has 0 radical (unpaired) electrons. The number of fused-ring (bicyclic) bond motifs is 5. The summed E-state index contributed by atoms with van der Waals surface area (Å²) >= 11 is 0. The molecule has 0 saturated carbocycles. The van der Waals surface area contributed by atoms with Crippen LogP contribution in [0.5, 0.6) is 11.5 Å². The van der Waals surface area contributed by atoms with Gasteiger partial charge in [0.05, 0.1) is 32.8 Å². The number of amides is 7. The van der Waals surface area contributed by atoms with Crippen LogP contribution in [0, 0.1) is 0 Å². The summed E-state index contributed by atoms with van der Waals surface area (Å²) in [6, 6.07) is 4.82. The number of phenols is 2. The summed E-state index contributed by atoms with van der Waals surface area (Å²) in [5, 5.41) is 44.3. The third-order valence-corrected chi connectivity index (χ3v) is 11.5. The van der Waals surface area contributed by atoms with Gasteiger partial charge in [-0.1, -0.05) is 96.1 Å². The number of aliphatic hydroxyl groups excluding tert-OH is 1. The van der Waals surface area contributed by atoms with Crippen LogP contribution in [-0.4, -0.2) is 139 Å². The van der Waals surface area contributed by atoms with E-state index in [1.54, 1.807) is 12.1 Å². The molecule has 2 aromatic rings. The molecule has 3 rings (SSSR count). The highest BCUT2D eigenvalue weighted by Gasteiger charge is 2.32. The van der Waals surface area contributed by atoms with Gasteiger partial charge in [0, 0.05) is 51.7 Å². The lowest BCUT2D eigenvalue weighted by Gasteiger charge is -2.29. The third-order valence-electron chi connectivity index (χ3n) is 11.5. The van der Waals surface area contributed by atoms with E-state index in [2.05, 4.69) is 33.5 Å². The van der Waals surface area contributed by atoms with Gasteiger partial charge in [0.15, 0.2) is 0 Å². The van der Waals surface area contributed by atoms with Crippen LogP contribution in [0.2, 0.25) is 0 Å². The summed E-state index contributed by atoms with van der Waals surface area (Å²) in [7, 11) is 4.19. The van der Waals surface area contributed by atoms with E-state index in [0.717, 1.165) is 24.2 Å². The van der Waals surface area contributed by atoms with Crippen molar-refractivity contribution in [1.29, 1.82) is 0 Å². The molecule has 65 heavy (non-hydrogen) atoms. The van der Waals surface area contributed by atoms with Gasteiger partial charge in [0.25, 0.3) is 0 Å². The van der Waals surface area contributed by atoms with Crippen LogP contribution in [0.4, 0.5) is 0 Å². The average Bonchev–Trinajstić information content (AvgIpc) is 3.29.